The van der Waals surface area contributed by atoms with Gasteiger partial charge < -0.3 is 28.8 Å². The monoisotopic (exact) mass is 1200 g/mol. The molecule has 7 fully saturated rings. The van der Waals surface area contributed by atoms with Gasteiger partial charge >= 0.3 is 29.8 Å². The van der Waals surface area contributed by atoms with Gasteiger partial charge in [0.25, 0.3) is 5.91 Å². The Labute approximate surface area is 520 Å². The Hall–Kier alpha value is -8.39. The number of esters is 5. The van der Waals surface area contributed by atoms with Crippen LogP contribution in [0, 0.1) is 23.2 Å². The van der Waals surface area contributed by atoms with E-state index >= 15 is 0 Å². The average Bonchev–Trinajstić information content (AvgIpc) is 1.77. The first-order valence-corrected chi connectivity index (χ1v) is 30.4. The molecule has 14 heteroatoms. The zero-order valence-corrected chi connectivity index (χ0v) is 52.8. The second-order valence-corrected chi connectivity index (χ2v) is 24.8. The largest absolute Gasteiger partial charge is 0.508 e. The van der Waals surface area contributed by atoms with E-state index in [0.717, 1.165) is 110 Å². The first kappa shape index (κ1) is 70.4. The molecule has 0 radical (unpaired) electrons. The predicted octanol–water partition coefficient (Wildman–Crippen LogP) is 15.3. The van der Waals surface area contributed by atoms with Crippen LogP contribution in [0.15, 0.2) is 177 Å². The molecule has 11 rings (SSSR count). The maximum absolute atomic E-state index is 12.4. The fourth-order valence-corrected chi connectivity index (χ4v) is 12.1. The molecule has 88 heavy (non-hydrogen) atoms. The van der Waals surface area contributed by atoms with E-state index in [-0.39, 0.29) is 40.7 Å². The third kappa shape index (κ3) is 20.1. The highest BCUT2D eigenvalue weighted by Gasteiger charge is 2.55. The van der Waals surface area contributed by atoms with Crippen molar-refractivity contribution in [2.45, 2.75) is 168 Å². The van der Waals surface area contributed by atoms with Crippen molar-refractivity contribution >= 4 is 58.5 Å². The molecule has 6 aliphatic carbocycles. The maximum Gasteiger partial charge on any atom is 0.347 e. The second-order valence-electron chi connectivity index (χ2n) is 24.8. The molecule has 2 N–H and O–H groups in total. The summed E-state index contributed by atoms with van der Waals surface area (Å²) < 4.78 is 25.9. The Kier molecular flexibility index (Phi) is 25.6. The predicted molar refractivity (Wildman–Crippen MR) is 345 cm³/mol. The molecule has 14 nitrogen and oxygen atoms in total. The number of carbonyl (C=O) groups is 7. The molecule has 470 valence electrons. The number of amides is 2. The molecule has 4 aromatic carbocycles. The Morgan fingerprint density at radius 3 is 1.59 bits per heavy atom. The zero-order chi connectivity index (χ0) is 65.0. The summed E-state index contributed by atoms with van der Waals surface area (Å²) in [7, 11) is 0. The first-order valence-electron chi connectivity index (χ1n) is 30.4. The van der Waals surface area contributed by atoms with Crippen molar-refractivity contribution in [1.82, 2.24) is 5.32 Å². The van der Waals surface area contributed by atoms with E-state index in [0.29, 0.717) is 41.1 Å². The summed E-state index contributed by atoms with van der Waals surface area (Å²) in [5.41, 5.74) is 3.39. The van der Waals surface area contributed by atoms with E-state index in [2.05, 4.69) is 74.3 Å². The van der Waals surface area contributed by atoms with Crippen LogP contribution in [-0.4, -0.2) is 65.1 Å². The molecule has 6 saturated carbocycles. The molecule has 1 atom stereocenters. The molecule has 0 aromatic heterocycles. The van der Waals surface area contributed by atoms with Crippen molar-refractivity contribution in [3.05, 3.63) is 194 Å². The van der Waals surface area contributed by atoms with E-state index in [1.54, 1.807) is 52.0 Å². The number of benzene rings is 4. The Bertz CT molecular complexity index is 3190. The lowest BCUT2D eigenvalue weighted by Crippen LogP contribution is -2.54. The second kappa shape index (κ2) is 32.0. The number of hydrogen-bond acceptors (Lipinski definition) is 13. The minimum Gasteiger partial charge on any atom is -0.508 e. The lowest BCUT2D eigenvalue weighted by molar-refractivity contribution is -0.157. The van der Waals surface area contributed by atoms with Crippen LogP contribution in [-0.2, 0) is 68.4 Å². The van der Waals surface area contributed by atoms with Crippen LogP contribution < -0.4 is 5.32 Å². The molecule has 2 amide bonds. The van der Waals surface area contributed by atoms with Gasteiger partial charge in [0.2, 0.25) is 12.0 Å². The van der Waals surface area contributed by atoms with Gasteiger partial charge in [0.15, 0.2) is 0 Å². The number of carbonyl (C=O) groups excluding carboxylic acids is 7. The summed E-state index contributed by atoms with van der Waals surface area (Å²) in [6, 6.07) is 31.1. The summed E-state index contributed by atoms with van der Waals surface area (Å²) in [6.07, 6.45) is 18.2. The number of rotatable bonds is 14. The van der Waals surface area contributed by atoms with Crippen molar-refractivity contribution in [2.24, 2.45) is 23.2 Å². The minimum atomic E-state index is -0.728. The number of hydrogen-bond donors (Lipinski definition) is 2. The van der Waals surface area contributed by atoms with E-state index in [9.17, 15) is 33.6 Å². The van der Waals surface area contributed by atoms with Gasteiger partial charge in [-0.05, 0) is 208 Å². The molecule has 1 saturated heterocycles. The molecular weight excluding hydrogens is 1110 g/mol. The lowest BCUT2D eigenvalue weighted by atomic mass is 9.49. The molecule has 7 aliphatic rings. The van der Waals surface area contributed by atoms with E-state index in [4.69, 9.17) is 24.1 Å². The normalized spacial score (nSPS) is 20.9. The van der Waals surface area contributed by atoms with Crippen LogP contribution in [0.4, 0.5) is 0 Å². The Balaban J connectivity index is 0.000000195. The summed E-state index contributed by atoms with van der Waals surface area (Å²) in [6.45, 7) is 37.4. The van der Waals surface area contributed by atoms with Crippen molar-refractivity contribution in [3.63, 3.8) is 0 Å². The SMILES string of the molecule is C=C(C)C(=O)NC(=O)C12CC3CC(CC(C3)C1)C2.C=C(C)C(=O)OC(C)(C)c1ccc2ccccc2c1.C=C(C)C(=O)OC1(c2ccccc2)CCCC1.C=C(C)C(=O)OC1CCOC1=O.C=CC1(OC(=O)C(=C)C)CCCC1.C=Cc1ccc(O)cc1. The number of phenolic OH excluding ortho intramolecular Hbond substituents is 1. The van der Waals surface area contributed by atoms with Crippen LogP contribution in [0.5, 0.6) is 5.75 Å². The number of nitrogens with one attached hydrogen (secondary N) is 1. The quantitative estimate of drug-likeness (QED) is 0.0524. The van der Waals surface area contributed by atoms with Gasteiger partial charge in [-0.1, -0.05) is 131 Å². The first-order chi connectivity index (χ1) is 41.6. The number of phenols is 1. The van der Waals surface area contributed by atoms with Crippen molar-refractivity contribution in [3.8, 4) is 5.75 Å². The van der Waals surface area contributed by atoms with Crippen LogP contribution in [0.25, 0.3) is 16.8 Å². The fraction of sp³-hybridized carbons (Fsp3) is 0.419. The van der Waals surface area contributed by atoms with Gasteiger partial charge in [0.05, 0.1) is 12.0 Å². The van der Waals surface area contributed by atoms with E-state index in [1.807, 2.05) is 80.6 Å². The maximum atomic E-state index is 12.4. The van der Waals surface area contributed by atoms with E-state index < -0.39 is 34.8 Å². The summed E-state index contributed by atoms with van der Waals surface area (Å²) in [4.78, 5) is 80.5. The van der Waals surface area contributed by atoms with Gasteiger partial charge in [-0.15, -0.1) is 0 Å². The molecule has 1 aliphatic heterocycles. The van der Waals surface area contributed by atoms with Crippen molar-refractivity contribution in [1.29, 1.82) is 0 Å². The van der Waals surface area contributed by atoms with Gasteiger partial charge in [-0.3, -0.25) is 14.9 Å². The topological polar surface area (TPSA) is 198 Å². The molecule has 1 heterocycles. The smallest absolute Gasteiger partial charge is 0.347 e. The van der Waals surface area contributed by atoms with Crippen LogP contribution >= 0.6 is 0 Å². The standard InChI is InChI=1S/C17H18O2.C15H21NO2.C15H18O2.C11H16O2.C8H10O4.C8H8O/c1-12(2)16(18)19-17(3,4)15-10-9-13-7-5-6-8-14(13)11-15;1-9(2)13(17)16-14(18)15-6-10-3-11(7-15)5-12(4-10)8-15;1-12(2)14(16)17-15(10-6-7-11-15)13-8-4-3-5-9-13;1-4-11(7-5-6-8-11)13-10(12)9(2)3;1-5(2)7(9)12-6-3-4-11-8(6)10;1-2-7-3-5-8(9)6-4-7/h5-11H,1H2,2-4H3;10-12H,1,3-8H2,2H3,(H,16,17,18);3-5,8-9H,1,6-7,10-11H2,2H3;4H,1-2,5-8H2,3H3;6H,1,3-4H2,2H3;2-6,9H,1H2. The average molecular weight is 1200 g/mol. The van der Waals surface area contributed by atoms with Crippen molar-refractivity contribution < 1.29 is 62.4 Å². The van der Waals surface area contributed by atoms with Gasteiger partial charge in [-0.25, -0.2) is 24.0 Å². The number of aromatic hydroxyl groups is 1. The molecule has 1 unspecified atom stereocenters. The highest BCUT2D eigenvalue weighted by atomic mass is 16.6. The Morgan fingerprint density at radius 2 is 1.11 bits per heavy atom. The number of cyclic esters (lactones) is 1. The van der Waals surface area contributed by atoms with Gasteiger partial charge in [0, 0.05) is 34.3 Å². The van der Waals surface area contributed by atoms with Crippen LogP contribution in [0.2, 0.25) is 0 Å². The van der Waals surface area contributed by atoms with E-state index in [1.165, 1.54) is 31.6 Å². The molecular formula is C74H91NO13. The zero-order valence-electron chi connectivity index (χ0n) is 52.8. The Morgan fingerprint density at radius 1 is 0.614 bits per heavy atom. The summed E-state index contributed by atoms with van der Waals surface area (Å²) in [5, 5.41) is 13.7. The lowest BCUT2D eigenvalue weighted by Gasteiger charge is -2.55. The summed E-state index contributed by atoms with van der Waals surface area (Å²) in [5.74, 6) is 0.163. The highest BCUT2D eigenvalue weighted by Crippen LogP contribution is 2.60. The molecule has 4 aromatic rings. The number of imide groups is 1. The summed E-state index contributed by atoms with van der Waals surface area (Å²) >= 11 is 0. The molecule has 0 spiro atoms. The molecule has 4 bridgehead atoms. The van der Waals surface area contributed by atoms with Gasteiger partial charge in [-0.2, -0.15) is 0 Å². The van der Waals surface area contributed by atoms with Crippen molar-refractivity contribution in [2.75, 3.05) is 6.61 Å². The minimum absolute atomic E-state index is 0.0328. The highest BCUT2D eigenvalue weighted by molar-refractivity contribution is 6.05. The third-order valence-corrected chi connectivity index (χ3v) is 16.7. The number of ether oxygens (including phenoxy) is 5. The van der Waals surface area contributed by atoms with Crippen LogP contribution in [0.1, 0.15) is 161 Å². The van der Waals surface area contributed by atoms with Gasteiger partial charge in [0.1, 0.15) is 22.6 Å². The van der Waals surface area contributed by atoms with Crippen LogP contribution in [0.3, 0.4) is 0 Å². The fourth-order valence-electron chi connectivity index (χ4n) is 12.1. The third-order valence-electron chi connectivity index (χ3n) is 16.7. The number of fused-ring (bicyclic) bond motifs is 1.